The number of hydrogen-bond acceptors (Lipinski definition) is 4. The van der Waals surface area contributed by atoms with Crippen molar-refractivity contribution in [1.29, 1.82) is 0 Å². The summed E-state index contributed by atoms with van der Waals surface area (Å²) in [5.74, 6) is -0.169. The van der Waals surface area contributed by atoms with Gasteiger partial charge in [-0.3, -0.25) is 14.6 Å². The molecule has 0 saturated carbocycles. The number of urea groups is 1. The number of rotatable bonds is 3. The first-order valence-electron chi connectivity index (χ1n) is 8.24. The summed E-state index contributed by atoms with van der Waals surface area (Å²) in [7, 11) is -0.438. The second-order valence-electron chi connectivity index (χ2n) is 7.19. The van der Waals surface area contributed by atoms with Crippen LogP contribution in [0.5, 0.6) is 0 Å². The van der Waals surface area contributed by atoms with E-state index in [0.29, 0.717) is 12.2 Å². The largest absolute Gasteiger partial charge is 0.494 e. The molecule has 2 aliphatic heterocycles. The van der Waals surface area contributed by atoms with Crippen molar-refractivity contribution in [3.63, 3.8) is 0 Å². The van der Waals surface area contributed by atoms with Crippen molar-refractivity contribution in [2.75, 3.05) is 18.0 Å². The zero-order valence-corrected chi connectivity index (χ0v) is 14.8. The van der Waals surface area contributed by atoms with Gasteiger partial charge in [-0.25, -0.2) is 4.79 Å². The number of hydrogen-bond donors (Lipinski definition) is 0. The molecular weight excluding hydrogens is 307 g/mol. The molecule has 0 aromatic heterocycles. The maximum absolute atomic E-state index is 12.2. The summed E-state index contributed by atoms with van der Waals surface area (Å²) in [6.07, 6.45) is 0. The van der Waals surface area contributed by atoms with E-state index in [-0.39, 0.29) is 18.5 Å². The topological polar surface area (TPSA) is 59.1 Å². The molecule has 0 radical (unpaired) electrons. The fraction of sp³-hybridized carbons (Fsp3) is 0.529. The fourth-order valence-electron chi connectivity index (χ4n) is 2.84. The Morgan fingerprint density at radius 2 is 1.58 bits per heavy atom. The highest BCUT2D eigenvalue weighted by Crippen LogP contribution is 2.36. The Morgan fingerprint density at radius 1 is 1.04 bits per heavy atom. The zero-order valence-electron chi connectivity index (χ0n) is 14.8. The Morgan fingerprint density at radius 3 is 2.04 bits per heavy atom. The molecule has 2 heterocycles. The van der Waals surface area contributed by atoms with Crippen molar-refractivity contribution in [2.24, 2.45) is 0 Å². The molecule has 0 bridgehead atoms. The smallest absolute Gasteiger partial charge is 0.399 e. The van der Waals surface area contributed by atoms with Crippen LogP contribution >= 0.6 is 0 Å². The van der Waals surface area contributed by atoms with Crippen LogP contribution in [-0.4, -0.2) is 48.2 Å². The van der Waals surface area contributed by atoms with Gasteiger partial charge < -0.3 is 9.31 Å². The molecule has 3 rings (SSSR count). The molecule has 1 aromatic carbocycles. The monoisotopic (exact) mass is 330 g/mol. The molecule has 0 aliphatic carbocycles. The molecule has 128 valence electrons. The Bertz CT molecular complexity index is 656. The maximum Gasteiger partial charge on any atom is 0.494 e. The summed E-state index contributed by atoms with van der Waals surface area (Å²) in [6.45, 7) is 10.3. The van der Waals surface area contributed by atoms with Crippen molar-refractivity contribution in [3.8, 4) is 0 Å². The highest BCUT2D eigenvalue weighted by Gasteiger charge is 2.51. The quantitative estimate of drug-likeness (QED) is 0.626. The number of carbonyl (C=O) groups is 2. The van der Waals surface area contributed by atoms with Gasteiger partial charge in [0, 0.05) is 12.2 Å². The van der Waals surface area contributed by atoms with Gasteiger partial charge in [0.1, 0.15) is 6.54 Å². The average Bonchev–Trinajstić information content (AvgIpc) is 2.91. The molecule has 2 fully saturated rings. The van der Waals surface area contributed by atoms with Crippen LogP contribution in [0.1, 0.15) is 34.6 Å². The molecule has 24 heavy (non-hydrogen) atoms. The molecule has 7 heteroatoms. The van der Waals surface area contributed by atoms with Crippen LogP contribution in [0, 0.1) is 0 Å². The Kier molecular flexibility index (Phi) is 3.96. The molecule has 3 amide bonds. The third-order valence-electron chi connectivity index (χ3n) is 5.10. The first-order chi connectivity index (χ1) is 11.2. The highest BCUT2D eigenvalue weighted by molar-refractivity contribution is 6.62. The van der Waals surface area contributed by atoms with Crippen molar-refractivity contribution < 1.29 is 18.9 Å². The minimum atomic E-state index is -0.438. The van der Waals surface area contributed by atoms with E-state index in [1.165, 1.54) is 9.80 Å². The minimum Gasteiger partial charge on any atom is -0.399 e. The normalized spacial score (nSPS) is 22.6. The lowest BCUT2D eigenvalue weighted by Crippen LogP contribution is -2.41. The number of imide groups is 1. The van der Waals surface area contributed by atoms with Gasteiger partial charge in [0.25, 0.3) is 5.91 Å². The number of anilines is 1. The molecule has 2 aliphatic rings. The Balaban J connectivity index is 1.78. The molecule has 0 spiro atoms. The number of amides is 3. The van der Waals surface area contributed by atoms with Crippen LogP contribution in [0.4, 0.5) is 10.5 Å². The zero-order chi connectivity index (χ0) is 17.7. The number of nitrogens with zero attached hydrogens (tertiary/aromatic N) is 2. The van der Waals surface area contributed by atoms with E-state index in [4.69, 9.17) is 9.31 Å². The molecule has 0 atom stereocenters. The van der Waals surface area contributed by atoms with Crippen LogP contribution < -0.4 is 10.4 Å². The van der Waals surface area contributed by atoms with E-state index in [1.807, 2.05) is 52.0 Å². The second-order valence-corrected chi connectivity index (χ2v) is 7.19. The lowest BCUT2D eigenvalue weighted by Gasteiger charge is -2.32. The average molecular weight is 330 g/mol. The SMILES string of the molecule is CCN1C(=O)CN(c2ccc(B3OC(C)(C)C(C)(C)O3)cc2)C1=O. The summed E-state index contributed by atoms with van der Waals surface area (Å²) in [6, 6.07) is 7.13. The molecule has 6 nitrogen and oxygen atoms in total. The van der Waals surface area contributed by atoms with E-state index < -0.39 is 18.3 Å². The summed E-state index contributed by atoms with van der Waals surface area (Å²) < 4.78 is 12.0. The van der Waals surface area contributed by atoms with Gasteiger partial charge >= 0.3 is 13.1 Å². The van der Waals surface area contributed by atoms with Crippen molar-refractivity contribution >= 4 is 30.2 Å². The van der Waals surface area contributed by atoms with Gasteiger partial charge in [-0.1, -0.05) is 12.1 Å². The van der Waals surface area contributed by atoms with E-state index >= 15 is 0 Å². The number of benzene rings is 1. The first-order valence-corrected chi connectivity index (χ1v) is 8.24. The third-order valence-corrected chi connectivity index (χ3v) is 5.10. The van der Waals surface area contributed by atoms with Crippen LogP contribution in [0.15, 0.2) is 24.3 Å². The molecule has 1 aromatic rings. The first kappa shape index (κ1) is 17.0. The summed E-state index contributed by atoms with van der Waals surface area (Å²) in [4.78, 5) is 26.8. The summed E-state index contributed by atoms with van der Waals surface area (Å²) in [5, 5.41) is 0. The summed E-state index contributed by atoms with van der Waals surface area (Å²) in [5.41, 5.74) is 0.803. The third kappa shape index (κ3) is 2.61. The van der Waals surface area contributed by atoms with Crippen LogP contribution in [-0.2, 0) is 14.1 Å². The van der Waals surface area contributed by atoms with Gasteiger partial charge in [-0.05, 0) is 52.2 Å². The summed E-state index contributed by atoms with van der Waals surface area (Å²) >= 11 is 0. The lowest BCUT2D eigenvalue weighted by molar-refractivity contribution is -0.124. The van der Waals surface area contributed by atoms with Crippen molar-refractivity contribution in [1.82, 2.24) is 4.90 Å². The second kappa shape index (κ2) is 5.60. The minimum absolute atomic E-state index is 0.0858. The number of carbonyl (C=O) groups excluding carboxylic acids is 2. The van der Waals surface area contributed by atoms with Crippen LogP contribution in [0.3, 0.4) is 0 Å². The Hall–Kier alpha value is -1.86. The van der Waals surface area contributed by atoms with E-state index in [0.717, 1.165) is 5.46 Å². The maximum atomic E-state index is 12.2. The van der Waals surface area contributed by atoms with Gasteiger partial charge in [-0.15, -0.1) is 0 Å². The standard InChI is InChI=1S/C17H23BN2O4/c1-6-19-14(21)11-20(15(19)22)13-9-7-12(8-10-13)18-23-16(2,3)17(4,5)24-18/h7-10H,6,11H2,1-5H3. The van der Waals surface area contributed by atoms with Crippen molar-refractivity contribution in [2.45, 2.75) is 45.8 Å². The number of likely N-dealkylation sites (N-methyl/N-ethyl adjacent to an activating group) is 1. The van der Waals surface area contributed by atoms with Crippen LogP contribution in [0.2, 0.25) is 0 Å². The van der Waals surface area contributed by atoms with E-state index in [2.05, 4.69) is 0 Å². The Labute approximate surface area is 142 Å². The predicted molar refractivity (Wildman–Crippen MR) is 92.3 cm³/mol. The van der Waals surface area contributed by atoms with E-state index in [9.17, 15) is 9.59 Å². The van der Waals surface area contributed by atoms with E-state index in [1.54, 1.807) is 6.92 Å². The van der Waals surface area contributed by atoms with Gasteiger partial charge in [-0.2, -0.15) is 0 Å². The van der Waals surface area contributed by atoms with Gasteiger partial charge in [0.2, 0.25) is 0 Å². The highest BCUT2D eigenvalue weighted by atomic mass is 16.7. The molecule has 0 N–H and O–H groups in total. The van der Waals surface area contributed by atoms with Crippen LogP contribution in [0.25, 0.3) is 0 Å². The lowest BCUT2D eigenvalue weighted by atomic mass is 9.79. The fourth-order valence-corrected chi connectivity index (χ4v) is 2.84. The van der Waals surface area contributed by atoms with Gasteiger partial charge in [0.15, 0.2) is 0 Å². The molecule has 2 saturated heterocycles. The van der Waals surface area contributed by atoms with Crippen molar-refractivity contribution in [3.05, 3.63) is 24.3 Å². The molecule has 0 unspecified atom stereocenters. The van der Waals surface area contributed by atoms with Gasteiger partial charge in [0.05, 0.1) is 11.2 Å². The molecular formula is C17H23BN2O4. The predicted octanol–water partition coefficient (Wildman–Crippen LogP) is 1.77.